The van der Waals surface area contributed by atoms with Gasteiger partial charge in [0.1, 0.15) is 6.04 Å². The Kier molecular flexibility index (Phi) is 4.07. The number of β-amino-alcohol motifs (C(OH)–C–C–N with tert-alkyl or cyclic N) is 1. The highest BCUT2D eigenvalue weighted by atomic mass is 16.5. The van der Waals surface area contributed by atoms with Crippen molar-refractivity contribution in [2.75, 3.05) is 26.3 Å². The molecule has 2 saturated heterocycles. The van der Waals surface area contributed by atoms with Gasteiger partial charge in [0.05, 0.1) is 25.0 Å². The fraction of sp³-hybridized carbons (Fsp3) is 0.812. The Morgan fingerprint density at radius 2 is 2.14 bits per heavy atom. The maximum absolute atomic E-state index is 12.9. The number of carbonyl (C=O) groups is 1. The van der Waals surface area contributed by atoms with Crippen LogP contribution in [0.3, 0.4) is 0 Å². The number of nitrogens with one attached hydrogen (secondary N) is 1. The van der Waals surface area contributed by atoms with Crippen molar-refractivity contribution in [2.24, 2.45) is 17.1 Å². The van der Waals surface area contributed by atoms with E-state index in [1.54, 1.807) is 4.90 Å². The Morgan fingerprint density at radius 3 is 2.73 bits per heavy atom. The van der Waals surface area contributed by atoms with Gasteiger partial charge in [0, 0.05) is 30.1 Å². The number of aliphatic hydroxyl groups excluding tert-OH is 1. The van der Waals surface area contributed by atoms with Crippen molar-refractivity contribution in [1.29, 1.82) is 0 Å². The molecule has 0 spiro atoms. The standard InChI is InChI=1S/C16H27N3O3/c1-16(2)9-22-8-12(13(17)10-3-4-10)18-14(16)15(21)19-6-5-11(20)7-19/h10-11,14,18,20H,3-9,17H2,1-2H3/b13-12-. The lowest BCUT2D eigenvalue weighted by molar-refractivity contribution is -0.136. The first kappa shape index (κ1) is 15.6. The Balaban J connectivity index is 1.81. The number of aliphatic hydroxyl groups is 1. The molecule has 2 heterocycles. The summed E-state index contributed by atoms with van der Waals surface area (Å²) < 4.78 is 5.77. The van der Waals surface area contributed by atoms with Crippen molar-refractivity contribution < 1.29 is 14.6 Å². The second kappa shape index (κ2) is 5.74. The molecule has 4 N–H and O–H groups in total. The number of allylic oxidation sites excluding steroid dienone is 1. The molecule has 2 unspecified atom stereocenters. The first-order valence-corrected chi connectivity index (χ1v) is 8.18. The number of nitrogens with two attached hydrogens (primary N) is 1. The normalized spacial score (nSPS) is 34.0. The van der Waals surface area contributed by atoms with Gasteiger partial charge in [-0.1, -0.05) is 13.8 Å². The zero-order chi connectivity index (χ0) is 15.9. The van der Waals surface area contributed by atoms with Gasteiger partial charge in [-0.05, 0) is 19.3 Å². The SMILES string of the molecule is CC1(C)COC/C(=C(/N)C2CC2)NC1C(=O)N1CCC(O)C1. The van der Waals surface area contributed by atoms with Crippen LogP contribution in [-0.2, 0) is 9.53 Å². The third kappa shape index (κ3) is 3.08. The molecule has 3 fully saturated rings. The van der Waals surface area contributed by atoms with Gasteiger partial charge >= 0.3 is 0 Å². The molecule has 6 nitrogen and oxygen atoms in total. The molecule has 3 aliphatic rings. The van der Waals surface area contributed by atoms with Crippen molar-refractivity contribution in [1.82, 2.24) is 10.2 Å². The van der Waals surface area contributed by atoms with Gasteiger partial charge < -0.3 is 25.8 Å². The Bertz CT molecular complexity index is 485. The van der Waals surface area contributed by atoms with Crippen molar-refractivity contribution >= 4 is 5.91 Å². The van der Waals surface area contributed by atoms with E-state index in [2.05, 4.69) is 5.32 Å². The summed E-state index contributed by atoms with van der Waals surface area (Å²) in [5.41, 5.74) is 7.61. The van der Waals surface area contributed by atoms with Gasteiger partial charge in [0.15, 0.2) is 0 Å². The van der Waals surface area contributed by atoms with E-state index in [0.29, 0.717) is 38.6 Å². The highest BCUT2D eigenvalue weighted by Gasteiger charge is 2.42. The minimum atomic E-state index is -0.402. The Labute approximate surface area is 131 Å². The molecule has 1 aliphatic carbocycles. The second-order valence-corrected chi connectivity index (χ2v) is 7.49. The van der Waals surface area contributed by atoms with Gasteiger partial charge in [-0.25, -0.2) is 0 Å². The molecule has 22 heavy (non-hydrogen) atoms. The topological polar surface area (TPSA) is 87.8 Å². The molecular formula is C16H27N3O3. The number of rotatable bonds is 2. The van der Waals surface area contributed by atoms with E-state index in [1.807, 2.05) is 13.8 Å². The van der Waals surface area contributed by atoms with Crippen LogP contribution in [0.5, 0.6) is 0 Å². The smallest absolute Gasteiger partial charge is 0.245 e. The average Bonchev–Trinajstić information content (AvgIpc) is 3.24. The molecular weight excluding hydrogens is 282 g/mol. The van der Waals surface area contributed by atoms with Crippen LogP contribution in [-0.4, -0.2) is 54.4 Å². The van der Waals surface area contributed by atoms with E-state index < -0.39 is 6.10 Å². The van der Waals surface area contributed by atoms with E-state index in [0.717, 1.165) is 24.2 Å². The van der Waals surface area contributed by atoms with E-state index in [9.17, 15) is 9.90 Å². The summed E-state index contributed by atoms with van der Waals surface area (Å²) in [4.78, 5) is 14.7. The molecule has 1 saturated carbocycles. The van der Waals surface area contributed by atoms with Crippen LogP contribution in [0.2, 0.25) is 0 Å². The number of likely N-dealkylation sites (tertiary alicyclic amines) is 1. The minimum absolute atomic E-state index is 0.0353. The van der Waals surface area contributed by atoms with E-state index >= 15 is 0 Å². The minimum Gasteiger partial charge on any atom is -0.400 e. The number of nitrogens with zero attached hydrogens (tertiary/aromatic N) is 1. The van der Waals surface area contributed by atoms with Crippen LogP contribution in [0.1, 0.15) is 33.1 Å². The number of hydrogen-bond donors (Lipinski definition) is 3. The molecule has 0 radical (unpaired) electrons. The van der Waals surface area contributed by atoms with Gasteiger partial charge in [-0.2, -0.15) is 0 Å². The lowest BCUT2D eigenvalue weighted by Gasteiger charge is -2.34. The predicted molar refractivity (Wildman–Crippen MR) is 82.7 cm³/mol. The van der Waals surface area contributed by atoms with Crippen LogP contribution in [0.4, 0.5) is 0 Å². The molecule has 6 heteroatoms. The summed E-state index contributed by atoms with van der Waals surface area (Å²) in [7, 11) is 0. The monoisotopic (exact) mass is 309 g/mol. The third-order valence-electron chi connectivity index (χ3n) is 4.91. The lowest BCUT2D eigenvalue weighted by atomic mass is 9.84. The molecule has 124 valence electrons. The van der Waals surface area contributed by atoms with Gasteiger partial charge in [0.2, 0.25) is 5.91 Å². The Morgan fingerprint density at radius 1 is 1.41 bits per heavy atom. The maximum atomic E-state index is 12.9. The highest BCUT2D eigenvalue weighted by molar-refractivity contribution is 5.83. The summed E-state index contributed by atoms with van der Waals surface area (Å²) in [5, 5.41) is 13.1. The lowest BCUT2D eigenvalue weighted by Crippen LogP contribution is -2.53. The van der Waals surface area contributed by atoms with Crippen molar-refractivity contribution in [3.63, 3.8) is 0 Å². The van der Waals surface area contributed by atoms with Crippen LogP contribution < -0.4 is 11.1 Å². The fourth-order valence-corrected chi connectivity index (χ4v) is 3.24. The zero-order valence-electron chi connectivity index (χ0n) is 13.5. The van der Waals surface area contributed by atoms with Gasteiger partial charge in [-0.15, -0.1) is 0 Å². The summed E-state index contributed by atoms with van der Waals surface area (Å²) in [6.07, 6.45) is 2.50. The average molecular weight is 309 g/mol. The molecule has 3 rings (SSSR count). The first-order chi connectivity index (χ1) is 10.4. The van der Waals surface area contributed by atoms with Crippen molar-refractivity contribution in [3.8, 4) is 0 Å². The van der Waals surface area contributed by atoms with Gasteiger partial charge in [-0.3, -0.25) is 4.79 Å². The van der Waals surface area contributed by atoms with Crippen LogP contribution >= 0.6 is 0 Å². The van der Waals surface area contributed by atoms with Crippen LogP contribution in [0.15, 0.2) is 11.4 Å². The van der Waals surface area contributed by atoms with E-state index in [4.69, 9.17) is 10.5 Å². The Hall–Kier alpha value is -1.27. The quantitative estimate of drug-likeness (QED) is 0.677. The van der Waals surface area contributed by atoms with E-state index in [-0.39, 0.29) is 17.4 Å². The predicted octanol–water partition coefficient (Wildman–Crippen LogP) is 0.175. The summed E-state index contributed by atoms with van der Waals surface area (Å²) in [6, 6.07) is -0.368. The summed E-state index contributed by atoms with van der Waals surface area (Å²) in [6.45, 7) is 6.06. The largest absolute Gasteiger partial charge is 0.400 e. The second-order valence-electron chi connectivity index (χ2n) is 7.49. The third-order valence-corrected chi connectivity index (χ3v) is 4.91. The molecule has 0 aromatic carbocycles. The van der Waals surface area contributed by atoms with Crippen LogP contribution in [0, 0.1) is 11.3 Å². The van der Waals surface area contributed by atoms with Crippen LogP contribution in [0.25, 0.3) is 0 Å². The molecule has 2 atom stereocenters. The summed E-state index contributed by atoms with van der Waals surface area (Å²) in [5.74, 6) is 0.477. The number of ether oxygens (including phenoxy) is 1. The van der Waals surface area contributed by atoms with Crippen molar-refractivity contribution in [3.05, 3.63) is 11.4 Å². The molecule has 0 aromatic heterocycles. The number of carbonyl (C=O) groups excluding carboxylic acids is 1. The number of amides is 1. The number of hydrogen-bond acceptors (Lipinski definition) is 5. The maximum Gasteiger partial charge on any atom is 0.245 e. The molecule has 0 aromatic rings. The highest BCUT2D eigenvalue weighted by Crippen LogP contribution is 2.36. The molecule has 1 amide bonds. The fourth-order valence-electron chi connectivity index (χ4n) is 3.24. The van der Waals surface area contributed by atoms with Gasteiger partial charge in [0.25, 0.3) is 0 Å². The summed E-state index contributed by atoms with van der Waals surface area (Å²) >= 11 is 0. The zero-order valence-corrected chi connectivity index (χ0v) is 13.5. The van der Waals surface area contributed by atoms with Crippen molar-refractivity contribution in [2.45, 2.75) is 45.3 Å². The van der Waals surface area contributed by atoms with E-state index in [1.165, 1.54) is 0 Å². The molecule has 0 bridgehead atoms. The molecule has 2 aliphatic heterocycles. The first-order valence-electron chi connectivity index (χ1n) is 8.18.